The van der Waals surface area contributed by atoms with E-state index in [9.17, 15) is 9.59 Å². The van der Waals surface area contributed by atoms with Crippen LogP contribution >= 0.6 is 0 Å². The van der Waals surface area contributed by atoms with Crippen LogP contribution in [0.5, 0.6) is 0 Å². The van der Waals surface area contributed by atoms with Gasteiger partial charge < -0.3 is 9.30 Å². The first kappa shape index (κ1) is 22.0. The molecule has 0 spiro atoms. The minimum absolute atomic E-state index is 0.0324. The zero-order valence-corrected chi connectivity index (χ0v) is 19.0. The smallest absolute Gasteiger partial charge is 0.362 e. The second-order valence-corrected chi connectivity index (χ2v) is 9.25. The summed E-state index contributed by atoms with van der Waals surface area (Å²) in [6.07, 6.45) is 9.88. The van der Waals surface area contributed by atoms with Gasteiger partial charge in [0.1, 0.15) is 0 Å². The van der Waals surface area contributed by atoms with Crippen LogP contribution in [-0.4, -0.2) is 45.2 Å². The van der Waals surface area contributed by atoms with E-state index in [0.29, 0.717) is 23.6 Å². The Kier molecular flexibility index (Phi) is 6.75. The lowest BCUT2D eigenvalue weighted by Crippen LogP contribution is -2.45. The Balaban J connectivity index is 1.66. The Labute approximate surface area is 184 Å². The number of carbonyl (C=O) groups is 1. The molecule has 2 aliphatic rings. The van der Waals surface area contributed by atoms with Gasteiger partial charge in [-0.1, -0.05) is 31.4 Å². The highest BCUT2D eigenvalue weighted by Crippen LogP contribution is 2.36. The number of carbonyl (C=O) groups excluding carboxylic acids is 1. The van der Waals surface area contributed by atoms with E-state index >= 15 is 0 Å². The first-order valence-corrected chi connectivity index (χ1v) is 12.0. The van der Waals surface area contributed by atoms with Gasteiger partial charge in [0.25, 0.3) is 5.56 Å². The maximum absolute atomic E-state index is 13.3. The van der Waals surface area contributed by atoms with E-state index < -0.39 is 5.97 Å². The van der Waals surface area contributed by atoms with Crippen LogP contribution in [0.4, 0.5) is 0 Å². The maximum atomic E-state index is 13.3. The van der Waals surface area contributed by atoms with E-state index in [1.807, 2.05) is 24.3 Å². The number of aromatic nitrogens is 2. The van der Waals surface area contributed by atoms with Crippen molar-refractivity contribution in [3.63, 3.8) is 0 Å². The Morgan fingerprint density at radius 2 is 1.90 bits per heavy atom. The fourth-order valence-electron chi connectivity index (χ4n) is 5.79. The number of para-hydroxylation sites is 2. The molecule has 0 amide bonds. The van der Waals surface area contributed by atoms with E-state index in [4.69, 9.17) is 4.74 Å². The molecule has 2 heterocycles. The highest BCUT2D eigenvalue weighted by molar-refractivity contribution is 5.89. The van der Waals surface area contributed by atoms with Gasteiger partial charge in [-0.3, -0.25) is 9.69 Å². The lowest BCUT2D eigenvalue weighted by atomic mass is 9.92. The van der Waals surface area contributed by atoms with Crippen LogP contribution in [0.2, 0.25) is 0 Å². The monoisotopic (exact) mass is 425 g/mol. The van der Waals surface area contributed by atoms with E-state index in [1.54, 1.807) is 11.5 Å². The van der Waals surface area contributed by atoms with Gasteiger partial charge in [0, 0.05) is 24.2 Å². The lowest BCUT2D eigenvalue weighted by Gasteiger charge is -2.39. The van der Waals surface area contributed by atoms with Crippen molar-refractivity contribution >= 4 is 17.0 Å². The molecule has 0 N–H and O–H groups in total. The number of rotatable bonds is 6. The number of fused-ring (bicyclic) bond motifs is 1. The van der Waals surface area contributed by atoms with Gasteiger partial charge >= 0.3 is 5.97 Å². The summed E-state index contributed by atoms with van der Waals surface area (Å²) in [5.41, 5.74) is 0.973. The van der Waals surface area contributed by atoms with E-state index in [-0.39, 0.29) is 23.9 Å². The molecule has 1 aromatic carbocycles. The molecule has 2 aromatic rings. The zero-order valence-electron chi connectivity index (χ0n) is 19.0. The summed E-state index contributed by atoms with van der Waals surface area (Å²) in [4.78, 5) is 32.9. The molecule has 6 nitrogen and oxygen atoms in total. The Hall–Kier alpha value is -2.21. The molecule has 2 fully saturated rings. The van der Waals surface area contributed by atoms with Crippen LogP contribution in [0.1, 0.15) is 88.7 Å². The van der Waals surface area contributed by atoms with Gasteiger partial charge in [-0.15, -0.1) is 0 Å². The van der Waals surface area contributed by atoms with Crippen molar-refractivity contribution in [2.24, 2.45) is 0 Å². The SMILES string of the molecule is CCOC(=O)c1nc2ccccc2n(C(C)CC2CCC(C)N2C2CCCCC2)c1=O. The van der Waals surface area contributed by atoms with Gasteiger partial charge in [-0.25, -0.2) is 9.78 Å². The normalized spacial score (nSPS) is 23.8. The van der Waals surface area contributed by atoms with Crippen molar-refractivity contribution in [3.8, 4) is 0 Å². The summed E-state index contributed by atoms with van der Waals surface area (Å²) in [5.74, 6) is -0.641. The van der Waals surface area contributed by atoms with Crippen molar-refractivity contribution in [2.75, 3.05) is 6.61 Å². The van der Waals surface area contributed by atoms with E-state index in [2.05, 4.69) is 23.7 Å². The van der Waals surface area contributed by atoms with Gasteiger partial charge in [-0.05, 0) is 65.0 Å². The number of nitrogens with zero attached hydrogens (tertiary/aromatic N) is 3. The third-order valence-corrected chi connectivity index (χ3v) is 7.16. The molecule has 1 saturated heterocycles. The summed E-state index contributed by atoms with van der Waals surface area (Å²) in [6.45, 7) is 6.41. The minimum atomic E-state index is -0.641. The van der Waals surface area contributed by atoms with Gasteiger partial charge in [-0.2, -0.15) is 0 Å². The molecular weight excluding hydrogens is 390 g/mol. The predicted molar refractivity (Wildman–Crippen MR) is 122 cm³/mol. The van der Waals surface area contributed by atoms with Gasteiger partial charge in [0.2, 0.25) is 5.69 Å². The summed E-state index contributed by atoms with van der Waals surface area (Å²) in [7, 11) is 0. The molecule has 4 rings (SSSR count). The second-order valence-electron chi connectivity index (χ2n) is 9.25. The van der Waals surface area contributed by atoms with Gasteiger partial charge in [0.15, 0.2) is 0 Å². The fourth-order valence-corrected chi connectivity index (χ4v) is 5.79. The minimum Gasteiger partial charge on any atom is -0.461 e. The average molecular weight is 426 g/mol. The Bertz CT molecular complexity index is 980. The Morgan fingerprint density at radius 1 is 1.16 bits per heavy atom. The number of likely N-dealkylation sites (tertiary alicyclic amines) is 1. The molecular formula is C25H35N3O3. The fraction of sp³-hybridized carbons (Fsp3) is 0.640. The van der Waals surface area contributed by atoms with Crippen LogP contribution in [-0.2, 0) is 4.74 Å². The first-order chi connectivity index (χ1) is 15.0. The van der Waals surface area contributed by atoms with Crippen molar-refractivity contribution in [2.45, 2.75) is 96.3 Å². The first-order valence-electron chi connectivity index (χ1n) is 12.0. The molecule has 31 heavy (non-hydrogen) atoms. The largest absolute Gasteiger partial charge is 0.461 e. The standard InChI is InChI=1S/C25H35N3O3/c1-4-31-25(30)23-24(29)28(22-13-9-8-12-21(22)26-23)18(3)16-20-15-14-17(2)27(20)19-10-6-5-7-11-19/h8-9,12-13,17-20H,4-7,10-11,14-16H2,1-3H3. The number of hydrogen-bond acceptors (Lipinski definition) is 5. The Morgan fingerprint density at radius 3 is 2.65 bits per heavy atom. The summed E-state index contributed by atoms with van der Waals surface area (Å²) < 4.78 is 6.89. The highest BCUT2D eigenvalue weighted by Gasteiger charge is 2.37. The van der Waals surface area contributed by atoms with Crippen LogP contribution < -0.4 is 5.56 Å². The third kappa shape index (κ3) is 4.40. The number of esters is 1. The molecule has 168 valence electrons. The van der Waals surface area contributed by atoms with Gasteiger partial charge in [0.05, 0.1) is 17.6 Å². The van der Waals surface area contributed by atoms with Crippen LogP contribution in [0.15, 0.2) is 29.1 Å². The van der Waals surface area contributed by atoms with Crippen LogP contribution in [0.3, 0.4) is 0 Å². The summed E-state index contributed by atoms with van der Waals surface area (Å²) in [5, 5.41) is 0. The predicted octanol–water partition coefficient (Wildman–Crippen LogP) is 4.71. The number of hydrogen-bond donors (Lipinski definition) is 0. The topological polar surface area (TPSA) is 64.4 Å². The molecule has 1 saturated carbocycles. The van der Waals surface area contributed by atoms with Crippen molar-refractivity contribution in [3.05, 3.63) is 40.3 Å². The highest BCUT2D eigenvalue weighted by atomic mass is 16.5. The zero-order chi connectivity index (χ0) is 22.0. The van der Waals surface area contributed by atoms with Crippen LogP contribution in [0, 0.1) is 0 Å². The number of benzene rings is 1. The van der Waals surface area contributed by atoms with Crippen molar-refractivity contribution in [1.82, 2.24) is 14.5 Å². The maximum Gasteiger partial charge on any atom is 0.362 e. The summed E-state index contributed by atoms with van der Waals surface area (Å²) >= 11 is 0. The molecule has 1 aromatic heterocycles. The molecule has 3 atom stereocenters. The van der Waals surface area contributed by atoms with Crippen molar-refractivity contribution in [1.29, 1.82) is 0 Å². The number of ether oxygens (including phenoxy) is 1. The van der Waals surface area contributed by atoms with Crippen LogP contribution in [0.25, 0.3) is 11.0 Å². The quantitative estimate of drug-likeness (QED) is 0.627. The molecule has 1 aliphatic heterocycles. The molecule has 3 unspecified atom stereocenters. The average Bonchev–Trinajstić information content (AvgIpc) is 3.13. The lowest BCUT2D eigenvalue weighted by molar-refractivity contribution is 0.0516. The van der Waals surface area contributed by atoms with Crippen molar-refractivity contribution < 1.29 is 9.53 Å². The van der Waals surface area contributed by atoms with E-state index in [1.165, 1.54) is 44.9 Å². The molecule has 6 heteroatoms. The van der Waals surface area contributed by atoms with E-state index in [0.717, 1.165) is 11.9 Å². The second kappa shape index (κ2) is 9.51. The third-order valence-electron chi connectivity index (χ3n) is 7.16. The summed E-state index contributed by atoms with van der Waals surface area (Å²) in [6, 6.07) is 9.28. The molecule has 0 radical (unpaired) electrons. The molecule has 0 bridgehead atoms. The molecule has 1 aliphatic carbocycles.